The van der Waals surface area contributed by atoms with Crippen LogP contribution in [0.25, 0.3) is 11.1 Å². The van der Waals surface area contributed by atoms with Crippen molar-refractivity contribution < 1.29 is 23.1 Å². The SMILES string of the molecule is COCCNCc1cc(C(=O)Nc2cc(-c3c(Cl)cc(Cl)cc3C(=O)N3CC(F)(F)C3)cc(C3CC3)n2)c(=O)n(C2CC2)c1. The molecule has 44 heavy (non-hydrogen) atoms. The maximum absolute atomic E-state index is 13.6. The predicted octanol–water partition coefficient (Wildman–Crippen LogP) is 5.51. The van der Waals surface area contributed by atoms with Crippen LogP contribution in [0.1, 0.15) is 69.6 Å². The fourth-order valence-corrected chi connectivity index (χ4v) is 5.95. The molecule has 232 valence electrons. The number of amides is 2. The number of aromatic nitrogens is 2. The first-order valence-electron chi connectivity index (χ1n) is 14.5. The number of halogens is 4. The first-order chi connectivity index (χ1) is 21.0. The third-order valence-electron chi connectivity index (χ3n) is 7.88. The van der Waals surface area contributed by atoms with Crippen molar-refractivity contribution in [1.82, 2.24) is 19.8 Å². The lowest BCUT2D eigenvalue weighted by Crippen LogP contribution is -2.58. The maximum atomic E-state index is 13.6. The molecule has 9 nitrogen and oxygen atoms in total. The zero-order valence-corrected chi connectivity index (χ0v) is 25.5. The van der Waals surface area contributed by atoms with Crippen LogP contribution in [0.3, 0.4) is 0 Å². The first-order valence-corrected chi connectivity index (χ1v) is 15.2. The summed E-state index contributed by atoms with van der Waals surface area (Å²) in [6, 6.07) is 7.88. The van der Waals surface area contributed by atoms with E-state index in [1.165, 1.54) is 12.1 Å². The minimum atomic E-state index is -2.94. The maximum Gasteiger partial charge on any atom is 0.282 e. The Labute approximate surface area is 262 Å². The Morgan fingerprint density at radius 1 is 1.07 bits per heavy atom. The number of ether oxygens (including phenoxy) is 1. The number of alkyl halides is 2. The molecule has 2 aromatic heterocycles. The fraction of sp³-hybridized carbons (Fsp3) is 0.419. The summed E-state index contributed by atoms with van der Waals surface area (Å²) in [5.41, 5.74) is 1.92. The van der Waals surface area contributed by atoms with Gasteiger partial charge in [-0.3, -0.25) is 14.4 Å². The molecule has 13 heteroatoms. The van der Waals surface area contributed by atoms with Gasteiger partial charge >= 0.3 is 0 Å². The van der Waals surface area contributed by atoms with Gasteiger partial charge in [0, 0.05) is 54.6 Å². The second-order valence-corrected chi connectivity index (χ2v) is 12.4. The average Bonchev–Trinajstić information content (AvgIpc) is 3.87. The van der Waals surface area contributed by atoms with Gasteiger partial charge in [0.15, 0.2) is 0 Å². The van der Waals surface area contributed by atoms with E-state index in [1.54, 1.807) is 36.1 Å². The lowest BCUT2D eigenvalue weighted by Gasteiger charge is -2.39. The number of hydrogen-bond acceptors (Lipinski definition) is 6. The molecule has 2 aliphatic carbocycles. The quantitative estimate of drug-likeness (QED) is 0.267. The van der Waals surface area contributed by atoms with Gasteiger partial charge in [0.25, 0.3) is 23.3 Å². The van der Waals surface area contributed by atoms with Crippen molar-refractivity contribution in [1.29, 1.82) is 0 Å². The van der Waals surface area contributed by atoms with Crippen LogP contribution in [-0.4, -0.2) is 65.5 Å². The highest BCUT2D eigenvalue weighted by molar-refractivity contribution is 6.37. The monoisotopic (exact) mass is 645 g/mol. The molecule has 0 unspecified atom stereocenters. The minimum absolute atomic E-state index is 0.0118. The number of anilines is 1. The number of benzene rings is 1. The second kappa shape index (κ2) is 12.2. The molecule has 6 rings (SSSR count). The Bertz CT molecular complexity index is 1680. The van der Waals surface area contributed by atoms with E-state index in [2.05, 4.69) is 15.6 Å². The minimum Gasteiger partial charge on any atom is -0.383 e. The topological polar surface area (TPSA) is 106 Å². The number of hydrogen-bond donors (Lipinski definition) is 2. The number of methoxy groups -OCH3 is 1. The van der Waals surface area contributed by atoms with Crippen LogP contribution in [0.2, 0.25) is 10.0 Å². The highest BCUT2D eigenvalue weighted by Crippen LogP contribution is 2.43. The van der Waals surface area contributed by atoms with Crippen molar-refractivity contribution in [2.45, 2.75) is 50.1 Å². The number of nitrogens with one attached hydrogen (secondary N) is 2. The highest BCUT2D eigenvalue weighted by atomic mass is 35.5. The molecule has 0 bridgehead atoms. The molecule has 0 radical (unpaired) electrons. The third kappa shape index (κ3) is 6.66. The fourth-order valence-electron chi connectivity index (χ4n) is 5.34. The number of nitrogens with zero attached hydrogens (tertiary/aromatic N) is 3. The molecule has 0 atom stereocenters. The average molecular weight is 647 g/mol. The van der Waals surface area contributed by atoms with Gasteiger partial charge in [-0.25, -0.2) is 13.8 Å². The molecule has 3 heterocycles. The summed E-state index contributed by atoms with van der Waals surface area (Å²) in [6.45, 7) is 0.195. The van der Waals surface area contributed by atoms with Crippen molar-refractivity contribution in [3.8, 4) is 11.1 Å². The molecule has 1 aliphatic heterocycles. The molecule has 1 aromatic carbocycles. The van der Waals surface area contributed by atoms with Crippen LogP contribution < -0.4 is 16.2 Å². The van der Waals surface area contributed by atoms with Crippen LogP contribution >= 0.6 is 23.2 Å². The van der Waals surface area contributed by atoms with Crippen LogP contribution in [-0.2, 0) is 11.3 Å². The smallest absolute Gasteiger partial charge is 0.282 e. The van der Waals surface area contributed by atoms with Crippen molar-refractivity contribution in [2.24, 2.45) is 0 Å². The largest absolute Gasteiger partial charge is 0.383 e. The zero-order chi connectivity index (χ0) is 31.2. The predicted molar refractivity (Wildman–Crippen MR) is 163 cm³/mol. The molecule has 3 fully saturated rings. The summed E-state index contributed by atoms with van der Waals surface area (Å²) in [5, 5.41) is 6.37. The third-order valence-corrected chi connectivity index (χ3v) is 8.40. The molecule has 2 N–H and O–H groups in total. The number of likely N-dealkylation sites (tertiary alicyclic amines) is 1. The van der Waals surface area contributed by atoms with E-state index in [-0.39, 0.29) is 44.5 Å². The molecule has 2 saturated carbocycles. The van der Waals surface area contributed by atoms with Crippen molar-refractivity contribution in [3.63, 3.8) is 0 Å². The molecule has 0 spiro atoms. The Hall–Kier alpha value is -3.38. The van der Waals surface area contributed by atoms with Gasteiger partial charge in [-0.05, 0) is 67.1 Å². The Morgan fingerprint density at radius 3 is 2.48 bits per heavy atom. The highest BCUT2D eigenvalue weighted by Gasteiger charge is 2.47. The summed E-state index contributed by atoms with van der Waals surface area (Å²) in [7, 11) is 1.61. The zero-order valence-electron chi connectivity index (χ0n) is 24.0. The molecule has 1 saturated heterocycles. The van der Waals surface area contributed by atoms with Crippen molar-refractivity contribution in [2.75, 3.05) is 38.7 Å². The van der Waals surface area contributed by atoms with E-state index in [1.807, 2.05) is 0 Å². The van der Waals surface area contributed by atoms with E-state index in [9.17, 15) is 23.2 Å². The van der Waals surface area contributed by atoms with Gasteiger partial charge in [-0.2, -0.15) is 0 Å². The first kappa shape index (κ1) is 30.6. The standard InChI is InChI=1S/C31H31Cl2F2N5O4/c1-44-7-6-36-13-17-8-23(30(43)40(14-17)21-4-5-21)28(41)38-26-10-19(9-25(37-26)18-2-3-18)27-22(11-20(32)12-24(27)33)29(42)39-15-31(34,35)16-39/h8-12,14,18,21,36H,2-7,13,15-16H2,1H3,(H,37,38,41). The van der Waals surface area contributed by atoms with Gasteiger partial charge in [0.05, 0.1) is 30.3 Å². The van der Waals surface area contributed by atoms with E-state index in [0.717, 1.165) is 36.1 Å². The number of carbonyl (C=O) groups excluding carboxylic acids is 2. The van der Waals surface area contributed by atoms with Gasteiger partial charge in [0.2, 0.25) is 0 Å². The lowest BCUT2D eigenvalue weighted by atomic mass is 9.96. The van der Waals surface area contributed by atoms with Crippen molar-refractivity contribution >= 4 is 40.8 Å². The van der Waals surface area contributed by atoms with Gasteiger partial charge in [-0.1, -0.05) is 23.2 Å². The van der Waals surface area contributed by atoms with Crippen LogP contribution in [0, 0.1) is 0 Å². The van der Waals surface area contributed by atoms with Crippen LogP contribution in [0.15, 0.2) is 41.3 Å². The van der Waals surface area contributed by atoms with E-state index >= 15 is 0 Å². The number of carbonyl (C=O) groups is 2. The Balaban J connectivity index is 1.34. The van der Waals surface area contributed by atoms with Crippen LogP contribution in [0.5, 0.6) is 0 Å². The number of pyridine rings is 2. The summed E-state index contributed by atoms with van der Waals surface area (Å²) >= 11 is 12.9. The second-order valence-electron chi connectivity index (χ2n) is 11.6. The molecule has 2 amide bonds. The van der Waals surface area contributed by atoms with E-state index in [4.69, 9.17) is 27.9 Å². The summed E-state index contributed by atoms with van der Waals surface area (Å²) in [4.78, 5) is 45.9. The van der Waals surface area contributed by atoms with E-state index < -0.39 is 30.8 Å². The normalized spacial score (nSPS) is 17.3. The summed E-state index contributed by atoms with van der Waals surface area (Å²) in [6.07, 6.45) is 5.32. The van der Waals surface area contributed by atoms with Gasteiger partial charge < -0.3 is 24.8 Å². The Morgan fingerprint density at radius 2 is 1.82 bits per heavy atom. The molecular formula is C31H31Cl2F2N5O4. The van der Waals surface area contributed by atoms with Gasteiger partial charge in [-0.15, -0.1) is 0 Å². The lowest BCUT2D eigenvalue weighted by molar-refractivity contribution is -0.113. The summed E-state index contributed by atoms with van der Waals surface area (Å²) < 4.78 is 33.9. The van der Waals surface area contributed by atoms with Crippen LogP contribution in [0.4, 0.5) is 14.6 Å². The Kier molecular flexibility index (Phi) is 8.49. The molecular weight excluding hydrogens is 615 g/mol. The number of rotatable bonds is 11. The van der Waals surface area contributed by atoms with Gasteiger partial charge in [0.1, 0.15) is 11.4 Å². The van der Waals surface area contributed by atoms with Crippen molar-refractivity contribution in [3.05, 3.63) is 79.3 Å². The van der Waals surface area contributed by atoms with E-state index in [0.29, 0.717) is 36.5 Å². The molecule has 3 aliphatic rings. The summed E-state index contributed by atoms with van der Waals surface area (Å²) in [5.74, 6) is -3.85. The molecule has 3 aromatic rings.